The van der Waals surface area contributed by atoms with Crippen molar-refractivity contribution in [3.63, 3.8) is 0 Å². The number of benzene rings is 3. The summed E-state index contributed by atoms with van der Waals surface area (Å²) in [6, 6.07) is 29.3. The molecule has 0 bridgehead atoms. The van der Waals surface area contributed by atoms with Gasteiger partial charge in [-0.3, -0.25) is 5.43 Å². The number of hydrazone groups is 1. The van der Waals surface area contributed by atoms with Gasteiger partial charge < -0.3 is 10.5 Å². The van der Waals surface area contributed by atoms with E-state index in [0.29, 0.717) is 5.33 Å². The molecule has 0 aliphatic rings. The number of carbonyl (C=O) groups excluding carboxylic acids is 1. The van der Waals surface area contributed by atoms with Crippen LogP contribution in [0.1, 0.15) is 5.56 Å². The summed E-state index contributed by atoms with van der Waals surface area (Å²) in [5.41, 5.74) is 9.10. The molecule has 0 heterocycles. The molecule has 0 radical (unpaired) electrons. The van der Waals surface area contributed by atoms with Crippen molar-refractivity contribution >= 4 is 47.1 Å². The molecule has 0 amide bonds. The lowest BCUT2D eigenvalue weighted by molar-refractivity contribution is -0.136. The third-order valence-electron chi connectivity index (χ3n) is 4.86. The highest BCUT2D eigenvalue weighted by Gasteiger charge is 2.42. The van der Waals surface area contributed by atoms with Crippen molar-refractivity contribution in [3.8, 4) is 0 Å². The lowest BCUT2D eigenvalue weighted by Crippen LogP contribution is -2.65. The van der Waals surface area contributed by atoms with E-state index in [9.17, 15) is 4.79 Å². The van der Waals surface area contributed by atoms with Crippen molar-refractivity contribution in [2.24, 2.45) is 10.8 Å². The molecule has 0 unspecified atom stereocenters. The zero-order valence-corrected chi connectivity index (χ0v) is 18.4. The van der Waals surface area contributed by atoms with Crippen molar-refractivity contribution in [2.75, 3.05) is 0 Å². The number of nitrogens with two attached hydrogens (primary N) is 1. The molecular formula is C23H23N3O2SSi. The normalized spacial score (nSPS) is 11.6. The van der Waals surface area contributed by atoms with Crippen molar-refractivity contribution in [3.05, 3.63) is 96.6 Å². The number of esters is 1. The minimum Gasteiger partial charge on any atom is -0.457 e. The van der Waals surface area contributed by atoms with Crippen LogP contribution in [-0.2, 0) is 16.1 Å². The summed E-state index contributed by atoms with van der Waals surface area (Å²) in [7, 11) is -2.80. The standard InChI is InChI=1S/C23H23N3O2SSi/c1-30(19-13-7-3-8-14-19,20-15-9-4-10-16-20)21(25-26-23(24)29)22(27)28-17-18-11-5-2-6-12-18/h2-16H,17H2,1H3,(H3,24,26,29)/b25-21+. The van der Waals surface area contributed by atoms with Crippen molar-refractivity contribution in [1.29, 1.82) is 0 Å². The van der Waals surface area contributed by atoms with Crippen LogP contribution in [0, 0.1) is 0 Å². The maximum atomic E-state index is 13.3. The summed E-state index contributed by atoms with van der Waals surface area (Å²) in [6.07, 6.45) is 0. The molecule has 3 aromatic carbocycles. The van der Waals surface area contributed by atoms with E-state index in [0.717, 1.165) is 15.9 Å². The van der Waals surface area contributed by atoms with Crippen LogP contribution in [-0.4, -0.2) is 24.5 Å². The van der Waals surface area contributed by atoms with Gasteiger partial charge >= 0.3 is 5.97 Å². The van der Waals surface area contributed by atoms with Crippen LogP contribution in [0.5, 0.6) is 0 Å². The van der Waals surface area contributed by atoms with Gasteiger partial charge in [0.2, 0.25) is 0 Å². The van der Waals surface area contributed by atoms with E-state index in [2.05, 4.69) is 17.1 Å². The second-order valence-electron chi connectivity index (χ2n) is 6.86. The molecule has 3 aromatic rings. The third-order valence-corrected chi connectivity index (χ3v) is 9.19. The van der Waals surface area contributed by atoms with E-state index in [-0.39, 0.29) is 11.7 Å². The van der Waals surface area contributed by atoms with Crippen LogP contribution < -0.4 is 21.5 Å². The van der Waals surface area contributed by atoms with Crippen LogP contribution in [0.25, 0.3) is 0 Å². The van der Waals surface area contributed by atoms with Gasteiger partial charge in [-0.05, 0) is 28.2 Å². The average Bonchev–Trinajstić information content (AvgIpc) is 2.79. The molecule has 7 heteroatoms. The molecule has 5 nitrogen and oxygen atoms in total. The first-order chi connectivity index (χ1) is 14.5. The summed E-state index contributed by atoms with van der Waals surface area (Å²) in [5, 5.41) is 6.68. The Bertz CT molecular complexity index is 989. The van der Waals surface area contributed by atoms with Gasteiger partial charge in [0.1, 0.15) is 11.9 Å². The fraction of sp³-hybridized carbons (Fsp3) is 0.0870. The molecule has 30 heavy (non-hydrogen) atoms. The Morgan fingerprint density at radius 1 is 0.933 bits per heavy atom. The molecule has 3 rings (SSSR count). The fourth-order valence-electron chi connectivity index (χ4n) is 3.25. The Hall–Kier alpha value is -3.29. The molecule has 0 saturated heterocycles. The molecule has 0 fully saturated rings. The number of hydrogen-bond acceptors (Lipinski definition) is 4. The summed E-state index contributed by atoms with van der Waals surface area (Å²) < 4.78 is 5.65. The SMILES string of the molecule is C[Si](/C(=N/NC(N)=S)C(=O)OCc1ccccc1)(c1ccccc1)c1ccccc1. The highest BCUT2D eigenvalue weighted by atomic mass is 32.1. The molecule has 152 valence electrons. The van der Waals surface area contributed by atoms with Crippen molar-refractivity contribution in [2.45, 2.75) is 13.2 Å². The second-order valence-corrected chi connectivity index (χ2v) is 11.2. The number of ether oxygens (including phenoxy) is 1. The molecule has 0 saturated carbocycles. The number of rotatable bonds is 7. The number of carbonyl (C=O) groups is 1. The summed E-state index contributed by atoms with van der Waals surface area (Å²) >= 11 is 4.92. The Balaban J connectivity index is 2.05. The first-order valence-electron chi connectivity index (χ1n) is 9.47. The topological polar surface area (TPSA) is 76.7 Å². The van der Waals surface area contributed by atoms with E-state index < -0.39 is 14.0 Å². The van der Waals surface area contributed by atoms with Gasteiger partial charge in [0.25, 0.3) is 0 Å². The van der Waals surface area contributed by atoms with Gasteiger partial charge in [0, 0.05) is 0 Å². The minimum atomic E-state index is -2.80. The smallest absolute Gasteiger partial charge is 0.351 e. The van der Waals surface area contributed by atoms with Crippen LogP contribution >= 0.6 is 12.2 Å². The van der Waals surface area contributed by atoms with Crippen molar-refractivity contribution < 1.29 is 9.53 Å². The van der Waals surface area contributed by atoms with Gasteiger partial charge in [0.05, 0.1) is 0 Å². The number of nitrogens with one attached hydrogen (secondary N) is 1. The van der Waals surface area contributed by atoms with E-state index >= 15 is 0 Å². The summed E-state index contributed by atoms with van der Waals surface area (Å²) in [4.78, 5) is 13.3. The van der Waals surface area contributed by atoms with Crippen LogP contribution in [0.4, 0.5) is 0 Å². The first kappa shape index (κ1) is 21.4. The van der Waals surface area contributed by atoms with Crippen LogP contribution in [0.3, 0.4) is 0 Å². The molecule has 0 spiro atoms. The third kappa shape index (κ3) is 5.00. The molecular weight excluding hydrogens is 410 g/mol. The van der Waals surface area contributed by atoms with Gasteiger partial charge in [0.15, 0.2) is 13.2 Å². The monoisotopic (exact) mass is 433 g/mol. The summed E-state index contributed by atoms with van der Waals surface area (Å²) in [6.45, 7) is 2.22. The van der Waals surface area contributed by atoms with Gasteiger partial charge in [-0.2, -0.15) is 5.10 Å². The zero-order chi connectivity index (χ0) is 21.4. The Labute approximate surface area is 182 Å². The van der Waals surface area contributed by atoms with E-state index in [1.54, 1.807) is 0 Å². The predicted molar refractivity (Wildman–Crippen MR) is 127 cm³/mol. The molecule has 0 atom stereocenters. The number of thiocarbonyl (C=S) groups is 1. The highest BCUT2D eigenvalue weighted by molar-refractivity contribution is 7.80. The minimum absolute atomic E-state index is 0.0131. The first-order valence-corrected chi connectivity index (χ1v) is 12.4. The number of hydrogen-bond donors (Lipinski definition) is 2. The average molecular weight is 434 g/mol. The molecule has 0 aliphatic carbocycles. The largest absolute Gasteiger partial charge is 0.457 e. The maximum Gasteiger partial charge on any atom is 0.351 e. The highest BCUT2D eigenvalue weighted by Crippen LogP contribution is 2.11. The zero-order valence-electron chi connectivity index (χ0n) is 16.6. The Kier molecular flexibility index (Phi) is 7.11. The Morgan fingerprint density at radius 3 is 1.87 bits per heavy atom. The molecule has 0 aliphatic heterocycles. The Morgan fingerprint density at radius 2 is 1.40 bits per heavy atom. The maximum absolute atomic E-state index is 13.3. The molecule has 0 aromatic heterocycles. The fourth-order valence-corrected chi connectivity index (χ4v) is 6.65. The summed E-state index contributed by atoms with van der Waals surface area (Å²) in [5.74, 6) is -0.496. The van der Waals surface area contributed by atoms with Gasteiger partial charge in [-0.25, -0.2) is 4.79 Å². The van der Waals surface area contributed by atoms with E-state index in [1.165, 1.54) is 0 Å². The van der Waals surface area contributed by atoms with Crippen LogP contribution in [0.2, 0.25) is 6.55 Å². The van der Waals surface area contributed by atoms with Gasteiger partial charge in [-0.1, -0.05) is 97.5 Å². The quantitative estimate of drug-likeness (QED) is 0.197. The van der Waals surface area contributed by atoms with E-state index in [4.69, 9.17) is 22.7 Å². The van der Waals surface area contributed by atoms with Gasteiger partial charge in [-0.15, -0.1) is 0 Å². The number of nitrogens with zero attached hydrogens (tertiary/aromatic N) is 1. The van der Waals surface area contributed by atoms with E-state index in [1.807, 2.05) is 91.0 Å². The predicted octanol–water partition coefficient (Wildman–Crippen LogP) is 2.35. The lowest BCUT2D eigenvalue weighted by Gasteiger charge is -2.29. The molecule has 3 N–H and O–H groups in total. The second kappa shape index (κ2) is 9.95. The van der Waals surface area contributed by atoms with Crippen LogP contribution in [0.15, 0.2) is 96.1 Å². The van der Waals surface area contributed by atoms with Crippen molar-refractivity contribution in [1.82, 2.24) is 5.43 Å². The lowest BCUT2D eigenvalue weighted by atomic mass is 10.2.